The van der Waals surface area contributed by atoms with Gasteiger partial charge in [-0.25, -0.2) is 4.79 Å². The number of ether oxygens (including phenoxy) is 1. The molecule has 0 saturated carbocycles. The van der Waals surface area contributed by atoms with Gasteiger partial charge in [-0.05, 0) is 18.9 Å². The third-order valence-corrected chi connectivity index (χ3v) is 4.84. The number of H-pyrrole nitrogens is 1. The molecule has 4 atom stereocenters. The summed E-state index contributed by atoms with van der Waals surface area (Å²) in [4.78, 5) is 38.3. The average molecular weight is 388 g/mol. The van der Waals surface area contributed by atoms with E-state index in [-0.39, 0.29) is 18.9 Å². The first-order chi connectivity index (χ1) is 13.4. The maximum atomic E-state index is 12.5. The summed E-state index contributed by atoms with van der Waals surface area (Å²) < 4.78 is 6.98. The molecule has 1 fully saturated rings. The number of aryl methyl sites for hydroxylation is 1. The van der Waals surface area contributed by atoms with Gasteiger partial charge in [0, 0.05) is 18.2 Å². The van der Waals surface area contributed by atoms with Crippen LogP contribution in [0.2, 0.25) is 0 Å². The number of nitrogens with zero attached hydrogens (tertiary/aromatic N) is 1. The number of amides is 1. The number of carbonyl (C=O) groups is 1. The van der Waals surface area contributed by atoms with Gasteiger partial charge in [0.05, 0.1) is 18.7 Å². The molecule has 0 radical (unpaired) electrons. The lowest BCUT2D eigenvalue weighted by Gasteiger charge is -2.20. The Bertz CT molecular complexity index is 939. The Morgan fingerprint density at radius 1 is 1.39 bits per heavy atom. The van der Waals surface area contributed by atoms with Gasteiger partial charge in [0.15, 0.2) is 0 Å². The SMILES string of the molecule is Cc1cn([C@H]2C[C@H](NC(=O)[C@@H](N)Cc3ccccc3)[C@@H](CO)O2)c(=O)[nH]c1=O. The Balaban J connectivity index is 1.68. The zero-order valence-electron chi connectivity index (χ0n) is 15.5. The van der Waals surface area contributed by atoms with Crippen molar-refractivity contribution in [3.8, 4) is 0 Å². The van der Waals surface area contributed by atoms with E-state index in [0.29, 0.717) is 12.0 Å². The largest absolute Gasteiger partial charge is 0.394 e. The first-order valence-corrected chi connectivity index (χ1v) is 9.07. The van der Waals surface area contributed by atoms with E-state index in [1.807, 2.05) is 30.3 Å². The van der Waals surface area contributed by atoms with Crippen molar-refractivity contribution in [1.82, 2.24) is 14.9 Å². The molecule has 150 valence electrons. The Kier molecular flexibility index (Phi) is 6.08. The quantitative estimate of drug-likeness (QED) is 0.510. The third-order valence-electron chi connectivity index (χ3n) is 4.84. The minimum atomic E-state index is -0.751. The zero-order chi connectivity index (χ0) is 20.3. The van der Waals surface area contributed by atoms with Crippen molar-refractivity contribution >= 4 is 5.91 Å². The van der Waals surface area contributed by atoms with E-state index in [1.54, 1.807) is 6.92 Å². The van der Waals surface area contributed by atoms with Crippen LogP contribution in [0.3, 0.4) is 0 Å². The van der Waals surface area contributed by atoms with E-state index in [4.69, 9.17) is 10.5 Å². The summed E-state index contributed by atoms with van der Waals surface area (Å²) in [6, 6.07) is 8.16. The van der Waals surface area contributed by atoms with Crippen molar-refractivity contribution in [3.63, 3.8) is 0 Å². The molecule has 1 aliphatic heterocycles. The molecule has 2 heterocycles. The molecule has 1 aromatic carbocycles. The number of nitrogens with one attached hydrogen (secondary N) is 2. The average Bonchev–Trinajstić information content (AvgIpc) is 3.08. The van der Waals surface area contributed by atoms with Crippen LogP contribution in [0.25, 0.3) is 0 Å². The van der Waals surface area contributed by atoms with Gasteiger partial charge in [0.2, 0.25) is 5.91 Å². The number of aliphatic hydroxyl groups excluding tert-OH is 1. The lowest BCUT2D eigenvalue weighted by molar-refractivity contribution is -0.123. The molecule has 3 rings (SSSR count). The summed E-state index contributed by atoms with van der Waals surface area (Å²) in [5, 5.41) is 12.4. The minimum absolute atomic E-state index is 0.264. The highest BCUT2D eigenvalue weighted by molar-refractivity contribution is 5.82. The maximum Gasteiger partial charge on any atom is 0.330 e. The highest BCUT2D eigenvalue weighted by atomic mass is 16.5. The van der Waals surface area contributed by atoms with Gasteiger partial charge >= 0.3 is 5.69 Å². The Morgan fingerprint density at radius 3 is 2.79 bits per heavy atom. The molecule has 1 aromatic heterocycles. The number of rotatable bonds is 6. The molecule has 5 N–H and O–H groups in total. The van der Waals surface area contributed by atoms with Crippen LogP contribution in [0.5, 0.6) is 0 Å². The number of nitrogens with two attached hydrogens (primary N) is 1. The van der Waals surface area contributed by atoms with Gasteiger partial charge in [-0.3, -0.25) is 19.1 Å². The molecule has 1 aliphatic rings. The van der Waals surface area contributed by atoms with E-state index in [2.05, 4.69) is 10.3 Å². The number of aromatic nitrogens is 2. The predicted molar refractivity (Wildman–Crippen MR) is 102 cm³/mol. The Morgan fingerprint density at radius 2 is 2.11 bits per heavy atom. The second-order valence-corrected chi connectivity index (χ2v) is 6.94. The molecule has 0 spiro atoms. The Labute approximate surface area is 161 Å². The van der Waals surface area contributed by atoms with E-state index in [1.165, 1.54) is 10.8 Å². The van der Waals surface area contributed by atoms with E-state index < -0.39 is 35.7 Å². The molecule has 2 aromatic rings. The summed E-state index contributed by atoms with van der Waals surface area (Å²) in [7, 11) is 0. The molecule has 1 saturated heterocycles. The maximum absolute atomic E-state index is 12.5. The zero-order valence-corrected chi connectivity index (χ0v) is 15.5. The van der Waals surface area contributed by atoms with Gasteiger partial charge in [0.1, 0.15) is 12.3 Å². The molecule has 28 heavy (non-hydrogen) atoms. The van der Waals surface area contributed by atoms with Gasteiger partial charge in [0.25, 0.3) is 5.56 Å². The van der Waals surface area contributed by atoms with E-state index >= 15 is 0 Å². The fraction of sp³-hybridized carbons (Fsp3) is 0.421. The van der Waals surface area contributed by atoms with Crippen LogP contribution in [0, 0.1) is 6.92 Å². The topological polar surface area (TPSA) is 139 Å². The first-order valence-electron chi connectivity index (χ1n) is 9.07. The molecule has 9 heteroatoms. The van der Waals surface area contributed by atoms with Crippen molar-refractivity contribution in [2.75, 3.05) is 6.61 Å². The van der Waals surface area contributed by atoms with Crippen LogP contribution < -0.4 is 22.3 Å². The molecular formula is C19H24N4O5. The van der Waals surface area contributed by atoms with Gasteiger partial charge in [-0.1, -0.05) is 30.3 Å². The smallest absolute Gasteiger partial charge is 0.330 e. The molecular weight excluding hydrogens is 364 g/mol. The van der Waals surface area contributed by atoms with Crippen LogP contribution in [-0.2, 0) is 16.0 Å². The van der Waals surface area contributed by atoms with Crippen LogP contribution in [0.1, 0.15) is 23.8 Å². The lowest BCUT2D eigenvalue weighted by Crippen LogP contribution is -2.49. The van der Waals surface area contributed by atoms with E-state index in [9.17, 15) is 19.5 Å². The van der Waals surface area contributed by atoms with Gasteiger partial charge in [-0.2, -0.15) is 0 Å². The number of carbonyl (C=O) groups excluding carboxylic acids is 1. The van der Waals surface area contributed by atoms with Crippen LogP contribution in [0.4, 0.5) is 0 Å². The second-order valence-electron chi connectivity index (χ2n) is 6.94. The summed E-state index contributed by atoms with van der Waals surface area (Å²) in [5.74, 6) is -0.360. The number of hydrogen-bond donors (Lipinski definition) is 4. The summed E-state index contributed by atoms with van der Waals surface area (Å²) in [6.07, 6.45) is 0.658. The standard InChI is InChI=1S/C19H24N4O5/c1-11-9-23(19(27)22-17(11)25)16-8-14(15(10-24)28-16)21-18(26)13(20)7-12-5-3-2-4-6-12/h2-6,9,13-16,24H,7-8,10,20H2,1H3,(H,21,26)(H,22,25,27)/t13-,14-,15+,16+/m0/s1. The summed E-state index contributed by atoms with van der Waals surface area (Å²) in [5.41, 5.74) is 6.25. The van der Waals surface area contributed by atoms with Crippen LogP contribution in [0.15, 0.2) is 46.1 Å². The number of hydrogen-bond acceptors (Lipinski definition) is 6. The van der Waals surface area contributed by atoms with Crippen molar-refractivity contribution < 1.29 is 14.6 Å². The van der Waals surface area contributed by atoms with E-state index in [0.717, 1.165) is 5.56 Å². The third kappa shape index (κ3) is 4.38. The normalized spacial score (nSPS) is 22.8. The minimum Gasteiger partial charge on any atom is -0.394 e. The molecule has 0 unspecified atom stereocenters. The predicted octanol–water partition coefficient (Wildman–Crippen LogP) is -0.820. The fourth-order valence-corrected chi connectivity index (χ4v) is 3.27. The van der Waals surface area contributed by atoms with Crippen LogP contribution in [-0.4, -0.2) is 45.4 Å². The molecule has 0 bridgehead atoms. The van der Waals surface area contributed by atoms with Crippen LogP contribution >= 0.6 is 0 Å². The second kappa shape index (κ2) is 8.51. The van der Waals surface area contributed by atoms with Gasteiger partial charge in [-0.15, -0.1) is 0 Å². The molecule has 1 amide bonds. The highest BCUT2D eigenvalue weighted by Crippen LogP contribution is 2.27. The fourth-order valence-electron chi connectivity index (χ4n) is 3.27. The first kappa shape index (κ1) is 20.0. The summed E-state index contributed by atoms with van der Waals surface area (Å²) >= 11 is 0. The molecule has 0 aliphatic carbocycles. The lowest BCUT2D eigenvalue weighted by atomic mass is 10.0. The van der Waals surface area contributed by atoms with Crippen molar-refractivity contribution in [3.05, 3.63) is 68.5 Å². The monoisotopic (exact) mass is 388 g/mol. The molecule has 9 nitrogen and oxygen atoms in total. The summed E-state index contributed by atoms with van der Waals surface area (Å²) in [6.45, 7) is 1.25. The van der Waals surface area contributed by atoms with Crippen molar-refractivity contribution in [2.24, 2.45) is 5.73 Å². The Hall–Kier alpha value is -2.75. The number of aliphatic hydroxyl groups is 1. The highest BCUT2D eigenvalue weighted by Gasteiger charge is 2.37. The van der Waals surface area contributed by atoms with Gasteiger partial charge < -0.3 is 20.9 Å². The number of benzene rings is 1. The van der Waals surface area contributed by atoms with Crippen molar-refractivity contribution in [1.29, 1.82) is 0 Å². The van der Waals surface area contributed by atoms with Crippen molar-refractivity contribution in [2.45, 2.75) is 44.2 Å². The number of aromatic amines is 1.